The Kier molecular flexibility index (Phi) is 5.27. The minimum Gasteiger partial charge on any atom is -0.480 e. The van der Waals surface area contributed by atoms with E-state index < -0.39 is 5.97 Å². The van der Waals surface area contributed by atoms with Crippen molar-refractivity contribution >= 4 is 23.5 Å². The van der Waals surface area contributed by atoms with Gasteiger partial charge in [0.15, 0.2) is 0 Å². The maximum Gasteiger partial charge on any atom is 0.317 e. The van der Waals surface area contributed by atoms with Crippen molar-refractivity contribution in [2.75, 3.05) is 24.5 Å². The molecule has 1 aromatic rings. The number of fused-ring (bicyclic) bond motifs is 1. The lowest BCUT2D eigenvalue weighted by molar-refractivity contribution is -0.139. The van der Waals surface area contributed by atoms with E-state index in [9.17, 15) is 14.4 Å². The molecule has 3 rings (SSSR count). The summed E-state index contributed by atoms with van der Waals surface area (Å²) in [7, 11) is 0. The highest BCUT2D eigenvalue weighted by Crippen LogP contribution is 2.30. The van der Waals surface area contributed by atoms with Crippen molar-refractivity contribution in [1.29, 1.82) is 0 Å². The molecule has 1 fully saturated rings. The lowest BCUT2D eigenvalue weighted by Crippen LogP contribution is -2.54. The number of carboxylic acids is 1. The summed E-state index contributed by atoms with van der Waals surface area (Å²) in [5, 5.41) is 12.0. The summed E-state index contributed by atoms with van der Waals surface area (Å²) in [4.78, 5) is 38.6. The van der Waals surface area contributed by atoms with Gasteiger partial charge in [-0.05, 0) is 49.6 Å². The Morgan fingerprint density at radius 1 is 1.31 bits per heavy atom. The molecule has 1 aliphatic heterocycles. The van der Waals surface area contributed by atoms with Gasteiger partial charge in [0.2, 0.25) is 5.91 Å². The van der Waals surface area contributed by atoms with Crippen LogP contribution in [0.4, 0.5) is 5.69 Å². The number of rotatable bonds is 6. The second kappa shape index (κ2) is 7.45. The number of amides is 2. The Morgan fingerprint density at radius 3 is 2.65 bits per heavy atom. The molecule has 1 heterocycles. The van der Waals surface area contributed by atoms with Gasteiger partial charge in [-0.25, -0.2) is 0 Å². The SMILES string of the molecule is CCN(CC(=O)O)C1CC(NC(=O)c2ccc3c(c2)CCN3C(C)=O)C1. The first kappa shape index (κ1) is 18.4. The molecule has 0 aromatic heterocycles. The summed E-state index contributed by atoms with van der Waals surface area (Å²) < 4.78 is 0. The highest BCUT2D eigenvalue weighted by atomic mass is 16.4. The maximum absolute atomic E-state index is 12.5. The van der Waals surface area contributed by atoms with Gasteiger partial charge in [-0.15, -0.1) is 0 Å². The lowest BCUT2D eigenvalue weighted by atomic mass is 9.85. The fourth-order valence-corrected chi connectivity index (χ4v) is 3.82. The van der Waals surface area contributed by atoms with Crippen molar-refractivity contribution in [2.24, 2.45) is 0 Å². The van der Waals surface area contributed by atoms with Crippen molar-refractivity contribution in [3.05, 3.63) is 29.3 Å². The highest BCUT2D eigenvalue weighted by molar-refractivity contribution is 5.98. The van der Waals surface area contributed by atoms with Gasteiger partial charge in [0, 0.05) is 36.8 Å². The van der Waals surface area contributed by atoms with Gasteiger partial charge in [0.05, 0.1) is 6.54 Å². The molecule has 7 nitrogen and oxygen atoms in total. The Hall–Kier alpha value is -2.41. The second-order valence-corrected chi connectivity index (χ2v) is 7.02. The minimum atomic E-state index is -0.822. The zero-order valence-corrected chi connectivity index (χ0v) is 15.2. The summed E-state index contributed by atoms with van der Waals surface area (Å²) in [6, 6.07) is 5.76. The number of anilines is 1. The summed E-state index contributed by atoms with van der Waals surface area (Å²) in [5.74, 6) is -0.917. The molecule has 0 bridgehead atoms. The molecule has 140 valence electrons. The fraction of sp³-hybridized carbons (Fsp3) is 0.526. The minimum absolute atomic E-state index is 0.0169. The highest BCUT2D eigenvalue weighted by Gasteiger charge is 2.35. The van der Waals surface area contributed by atoms with E-state index in [0.29, 0.717) is 18.7 Å². The summed E-state index contributed by atoms with van der Waals surface area (Å²) in [6.45, 7) is 4.89. The molecule has 1 aliphatic carbocycles. The predicted octanol–water partition coefficient (Wildman–Crippen LogP) is 1.26. The molecule has 0 atom stereocenters. The zero-order valence-electron chi connectivity index (χ0n) is 15.2. The van der Waals surface area contributed by atoms with E-state index in [1.165, 1.54) is 0 Å². The molecule has 0 saturated heterocycles. The third-order valence-corrected chi connectivity index (χ3v) is 5.33. The maximum atomic E-state index is 12.5. The van der Waals surface area contributed by atoms with E-state index in [-0.39, 0.29) is 30.4 Å². The molecule has 7 heteroatoms. The number of carbonyl (C=O) groups is 3. The summed E-state index contributed by atoms with van der Waals surface area (Å²) in [6.07, 6.45) is 2.31. The molecule has 1 saturated carbocycles. The summed E-state index contributed by atoms with van der Waals surface area (Å²) >= 11 is 0. The largest absolute Gasteiger partial charge is 0.480 e. The smallest absolute Gasteiger partial charge is 0.317 e. The molecule has 1 aromatic carbocycles. The Morgan fingerprint density at radius 2 is 2.04 bits per heavy atom. The van der Waals surface area contributed by atoms with Gasteiger partial charge in [0.1, 0.15) is 0 Å². The molecule has 0 radical (unpaired) electrons. The first-order valence-corrected chi connectivity index (χ1v) is 9.06. The van der Waals surface area contributed by atoms with Crippen LogP contribution >= 0.6 is 0 Å². The van der Waals surface area contributed by atoms with E-state index in [1.54, 1.807) is 17.9 Å². The van der Waals surface area contributed by atoms with Gasteiger partial charge < -0.3 is 15.3 Å². The number of aliphatic carboxylic acids is 1. The van der Waals surface area contributed by atoms with Gasteiger partial charge in [-0.1, -0.05) is 6.92 Å². The van der Waals surface area contributed by atoms with Crippen LogP contribution in [0.2, 0.25) is 0 Å². The van der Waals surface area contributed by atoms with Crippen molar-refractivity contribution in [3.63, 3.8) is 0 Å². The number of nitrogens with zero attached hydrogens (tertiary/aromatic N) is 2. The Bertz CT molecular complexity index is 727. The van der Waals surface area contributed by atoms with Crippen molar-refractivity contribution in [1.82, 2.24) is 10.2 Å². The molecule has 2 amide bonds. The zero-order chi connectivity index (χ0) is 18.8. The fourth-order valence-electron chi connectivity index (χ4n) is 3.82. The third kappa shape index (κ3) is 3.72. The van der Waals surface area contributed by atoms with E-state index in [2.05, 4.69) is 5.32 Å². The first-order chi connectivity index (χ1) is 12.4. The van der Waals surface area contributed by atoms with Gasteiger partial charge in [-0.3, -0.25) is 19.3 Å². The summed E-state index contributed by atoms with van der Waals surface area (Å²) in [5.41, 5.74) is 2.53. The van der Waals surface area contributed by atoms with Crippen LogP contribution in [0.3, 0.4) is 0 Å². The first-order valence-electron chi connectivity index (χ1n) is 9.06. The topological polar surface area (TPSA) is 90.0 Å². The van der Waals surface area contributed by atoms with E-state index in [4.69, 9.17) is 5.11 Å². The molecule has 0 spiro atoms. The van der Waals surface area contributed by atoms with Crippen LogP contribution in [0.5, 0.6) is 0 Å². The predicted molar refractivity (Wildman–Crippen MR) is 97.3 cm³/mol. The molecular weight excluding hydrogens is 334 g/mol. The average molecular weight is 359 g/mol. The van der Waals surface area contributed by atoms with Crippen LogP contribution in [0, 0.1) is 0 Å². The Balaban J connectivity index is 1.56. The standard InChI is InChI=1S/C19H25N3O4/c1-3-21(11-18(24)25)16-9-15(10-16)20-19(26)14-4-5-17-13(8-14)6-7-22(17)12(2)23/h4-5,8,15-16H,3,6-7,9-11H2,1-2H3,(H,20,26)(H,24,25). The molecule has 26 heavy (non-hydrogen) atoms. The number of benzene rings is 1. The number of carbonyl (C=O) groups excluding carboxylic acids is 2. The quantitative estimate of drug-likeness (QED) is 0.798. The molecule has 2 aliphatic rings. The molecular formula is C19H25N3O4. The number of carboxylic acid groups (broad SMARTS) is 1. The van der Waals surface area contributed by atoms with Crippen LogP contribution < -0.4 is 10.2 Å². The number of hydrogen-bond donors (Lipinski definition) is 2. The number of nitrogens with one attached hydrogen (secondary N) is 1. The molecule has 0 unspecified atom stereocenters. The lowest BCUT2D eigenvalue weighted by Gasteiger charge is -2.42. The van der Waals surface area contributed by atoms with Crippen LogP contribution in [0.25, 0.3) is 0 Å². The van der Waals surface area contributed by atoms with Gasteiger partial charge in [-0.2, -0.15) is 0 Å². The van der Waals surface area contributed by atoms with E-state index >= 15 is 0 Å². The number of likely N-dealkylation sites (N-methyl/N-ethyl adjacent to an activating group) is 1. The second-order valence-electron chi connectivity index (χ2n) is 7.02. The van der Waals surface area contributed by atoms with Crippen molar-refractivity contribution in [3.8, 4) is 0 Å². The average Bonchev–Trinajstić information content (AvgIpc) is 2.98. The van der Waals surface area contributed by atoms with Crippen LogP contribution in [0.1, 0.15) is 42.6 Å². The van der Waals surface area contributed by atoms with E-state index in [0.717, 1.165) is 30.5 Å². The Labute approximate surface area is 153 Å². The molecule has 2 N–H and O–H groups in total. The van der Waals surface area contributed by atoms with Crippen LogP contribution in [-0.2, 0) is 16.0 Å². The van der Waals surface area contributed by atoms with Crippen molar-refractivity contribution in [2.45, 2.75) is 45.2 Å². The van der Waals surface area contributed by atoms with Gasteiger partial charge >= 0.3 is 5.97 Å². The third-order valence-electron chi connectivity index (χ3n) is 5.33. The van der Waals surface area contributed by atoms with E-state index in [1.807, 2.05) is 24.0 Å². The monoisotopic (exact) mass is 359 g/mol. The van der Waals surface area contributed by atoms with Crippen LogP contribution in [-0.4, -0.2) is 59.5 Å². The number of hydrogen-bond acceptors (Lipinski definition) is 4. The normalized spacial score (nSPS) is 21.3. The van der Waals surface area contributed by atoms with Gasteiger partial charge in [0.25, 0.3) is 5.91 Å². The van der Waals surface area contributed by atoms with Crippen LogP contribution in [0.15, 0.2) is 18.2 Å². The van der Waals surface area contributed by atoms with Crippen molar-refractivity contribution < 1.29 is 19.5 Å².